The van der Waals surface area contributed by atoms with Crippen LogP contribution in [0.25, 0.3) is 0 Å². The molecule has 1 heterocycles. The first-order chi connectivity index (χ1) is 9.20. The Hall–Kier alpha value is -1.46. The lowest BCUT2D eigenvalue weighted by atomic mass is 10.1. The van der Waals surface area contributed by atoms with Crippen molar-refractivity contribution in [2.45, 2.75) is 13.5 Å². The first kappa shape index (κ1) is 14.0. The molecule has 19 heavy (non-hydrogen) atoms. The smallest absolute Gasteiger partial charge is 0.231 e. The second-order valence-electron chi connectivity index (χ2n) is 4.75. The van der Waals surface area contributed by atoms with Crippen molar-refractivity contribution in [1.82, 2.24) is 10.2 Å². The molecule has 1 aromatic carbocycles. The lowest BCUT2D eigenvalue weighted by Gasteiger charge is -2.15. The maximum Gasteiger partial charge on any atom is 0.231 e. The fraction of sp³-hybridized carbons (Fsp3) is 0.571. The number of hydrogen-bond acceptors (Lipinski definition) is 5. The zero-order valence-corrected chi connectivity index (χ0v) is 11.9. The van der Waals surface area contributed by atoms with Gasteiger partial charge < -0.3 is 24.4 Å². The molecule has 0 saturated carbocycles. The van der Waals surface area contributed by atoms with Crippen LogP contribution in [0.15, 0.2) is 12.1 Å². The van der Waals surface area contributed by atoms with Crippen LogP contribution in [0.1, 0.15) is 12.5 Å². The fourth-order valence-electron chi connectivity index (χ4n) is 1.84. The van der Waals surface area contributed by atoms with Crippen LogP contribution in [-0.4, -0.2) is 45.5 Å². The van der Waals surface area contributed by atoms with E-state index in [1.807, 2.05) is 26.2 Å². The summed E-state index contributed by atoms with van der Waals surface area (Å²) in [4.78, 5) is 2.09. The molecule has 0 aromatic heterocycles. The minimum atomic E-state index is 0.289. The van der Waals surface area contributed by atoms with Crippen LogP contribution in [0.5, 0.6) is 17.2 Å². The lowest BCUT2D eigenvalue weighted by molar-refractivity contribution is 0.173. The van der Waals surface area contributed by atoms with Crippen molar-refractivity contribution < 1.29 is 14.2 Å². The molecule has 5 heteroatoms. The molecule has 1 aliphatic rings. The average Bonchev–Trinajstić information content (AvgIpc) is 2.82. The van der Waals surface area contributed by atoms with Crippen LogP contribution in [-0.2, 0) is 6.54 Å². The SMILES string of the molecule is CCNCc1cc2c(cc1OCCN(C)C)OCO2. The zero-order chi connectivity index (χ0) is 13.7. The molecule has 5 nitrogen and oxygen atoms in total. The van der Waals surface area contributed by atoms with Gasteiger partial charge in [0.1, 0.15) is 12.4 Å². The van der Waals surface area contributed by atoms with Crippen molar-refractivity contribution in [2.75, 3.05) is 40.6 Å². The van der Waals surface area contributed by atoms with E-state index in [0.717, 1.165) is 42.4 Å². The maximum atomic E-state index is 5.85. The predicted octanol–water partition coefficient (Wildman–Crippen LogP) is 1.47. The molecule has 0 amide bonds. The Labute approximate surface area is 114 Å². The van der Waals surface area contributed by atoms with Gasteiger partial charge in [-0.3, -0.25) is 0 Å². The summed E-state index contributed by atoms with van der Waals surface area (Å²) >= 11 is 0. The summed E-state index contributed by atoms with van der Waals surface area (Å²) in [5.41, 5.74) is 1.10. The van der Waals surface area contributed by atoms with Gasteiger partial charge in [0, 0.05) is 24.7 Å². The summed E-state index contributed by atoms with van der Waals surface area (Å²) in [6, 6.07) is 3.92. The van der Waals surface area contributed by atoms with Gasteiger partial charge in [0.25, 0.3) is 0 Å². The number of benzene rings is 1. The van der Waals surface area contributed by atoms with E-state index in [1.54, 1.807) is 0 Å². The highest BCUT2D eigenvalue weighted by Crippen LogP contribution is 2.38. The van der Waals surface area contributed by atoms with Gasteiger partial charge in [-0.05, 0) is 26.7 Å². The summed E-state index contributed by atoms with van der Waals surface area (Å²) in [5, 5.41) is 3.31. The van der Waals surface area contributed by atoms with Gasteiger partial charge in [-0.2, -0.15) is 0 Å². The summed E-state index contributed by atoms with van der Waals surface area (Å²) in [6.45, 7) is 5.60. The van der Waals surface area contributed by atoms with E-state index >= 15 is 0 Å². The molecule has 2 rings (SSSR count). The van der Waals surface area contributed by atoms with Crippen LogP contribution < -0.4 is 19.5 Å². The van der Waals surface area contributed by atoms with Gasteiger partial charge in [0.05, 0.1) is 0 Å². The quantitative estimate of drug-likeness (QED) is 0.809. The Morgan fingerprint density at radius 3 is 2.68 bits per heavy atom. The van der Waals surface area contributed by atoms with Crippen molar-refractivity contribution in [3.8, 4) is 17.2 Å². The number of hydrogen-bond donors (Lipinski definition) is 1. The Balaban J connectivity index is 2.09. The van der Waals surface area contributed by atoms with E-state index in [0.29, 0.717) is 6.61 Å². The summed E-state index contributed by atoms with van der Waals surface area (Å²) in [6.07, 6.45) is 0. The molecule has 1 aromatic rings. The van der Waals surface area contributed by atoms with E-state index in [1.165, 1.54) is 0 Å². The van der Waals surface area contributed by atoms with E-state index in [4.69, 9.17) is 14.2 Å². The zero-order valence-electron chi connectivity index (χ0n) is 11.9. The largest absolute Gasteiger partial charge is 0.492 e. The number of ether oxygens (including phenoxy) is 3. The lowest BCUT2D eigenvalue weighted by Crippen LogP contribution is -2.20. The van der Waals surface area contributed by atoms with Crippen LogP contribution in [0.2, 0.25) is 0 Å². The van der Waals surface area contributed by atoms with Gasteiger partial charge >= 0.3 is 0 Å². The molecular formula is C14H22N2O3. The second-order valence-corrected chi connectivity index (χ2v) is 4.75. The maximum absolute atomic E-state index is 5.85. The van der Waals surface area contributed by atoms with Crippen LogP contribution in [0, 0.1) is 0 Å². The van der Waals surface area contributed by atoms with Gasteiger partial charge in [-0.25, -0.2) is 0 Å². The molecule has 0 aliphatic carbocycles. The van der Waals surface area contributed by atoms with Gasteiger partial charge in [0.2, 0.25) is 6.79 Å². The normalized spacial score (nSPS) is 13.1. The minimum Gasteiger partial charge on any atom is -0.492 e. The van der Waals surface area contributed by atoms with E-state index < -0.39 is 0 Å². The Morgan fingerprint density at radius 1 is 1.26 bits per heavy atom. The predicted molar refractivity (Wildman–Crippen MR) is 74.0 cm³/mol. The van der Waals surface area contributed by atoms with Crippen molar-refractivity contribution >= 4 is 0 Å². The molecule has 106 valence electrons. The number of nitrogens with one attached hydrogen (secondary N) is 1. The summed E-state index contributed by atoms with van der Waals surface area (Å²) < 4.78 is 16.6. The Morgan fingerprint density at radius 2 is 2.00 bits per heavy atom. The molecule has 1 aliphatic heterocycles. The average molecular weight is 266 g/mol. The van der Waals surface area contributed by atoms with Crippen LogP contribution in [0.3, 0.4) is 0 Å². The van der Waals surface area contributed by atoms with E-state index in [2.05, 4.69) is 17.1 Å². The molecule has 0 unspecified atom stereocenters. The first-order valence-corrected chi connectivity index (χ1v) is 6.61. The van der Waals surface area contributed by atoms with Crippen LogP contribution >= 0.6 is 0 Å². The van der Waals surface area contributed by atoms with Crippen molar-refractivity contribution in [2.24, 2.45) is 0 Å². The highest BCUT2D eigenvalue weighted by atomic mass is 16.7. The molecule has 0 atom stereocenters. The van der Waals surface area contributed by atoms with Crippen molar-refractivity contribution in [3.63, 3.8) is 0 Å². The number of rotatable bonds is 7. The van der Waals surface area contributed by atoms with Crippen molar-refractivity contribution in [3.05, 3.63) is 17.7 Å². The van der Waals surface area contributed by atoms with E-state index in [-0.39, 0.29) is 6.79 Å². The third-order valence-electron chi connectivity index (χ3n) is 2.92. The highest BCUT2D eigenvalue weighted by Gasteiger charge is 2.17. The molecule has 0 fully saturated rings. The highest BCUT2D eigenvalue weighted by molar-refractivity contribution is 5.51. The van der Waals surface area contributed by atoms with Gasteiger partial charge in [0.15, 0.2) is 11.5 Å². The second kappa shape index (κ2) is 6.63. The minimum absolute atomic E-state index is 0.289. The Bertz CT molecular complexity index is 421. The molecule has 0 radical (unpaired) electrons. The van der Waals surface area contributed by atoms with Crippen LogP contribution in [0.4, 0.5) is 0 Å². The molecule has 0 bridgehead atoms. The number of likely N-dealkylation sites (N-methyl/N-ethyl adjacent to an activating group) is 1. The fourth-order valence-corrected chi connectivity index (χ4v) is 1.84. The van der Waals surface area contributed by atoms with Gasteiger partial charge in [-0.1, -0.05) is 6.92 Å². The third-order valence-corrected chi connectivity index (χ3v) is 2.92. The topological polar surface area (TPSA) is 43.0 Å². The summed E-state index contributed by atoms with van der Waals surface area (Å²) in [7, 11) is 4.06. The first-order valence-electron chi connectivity index (χ1n) is 6.61. The third kappa shape index (κ3) is 3.75. The molecule has 1 N–H and O–H groups in total. The molecule has 0 spiro atoms. The monoisotopic (exact) mass is 266 g/mol. The molecule has 0 saturated heterocycles. The summed E-state index contributed by atoms with van der Waals surface area (Å²) in [5.74, 6) is 2.43. The van der Waals surface area contributed by atoms with Crippen molar-refractivity contribution in [1.29, 1.82) is 0 Å². The van der Waals surface area contributed by atoms with Gasteiger partial charge in [-0.15, -0.1) is 0 Å². The Kier molecular flexibility index (Phi) is 4.87. The van der Waals surface area contributed by atoms with E-state index in [9.17, 15) is 0 Å². The number of nitrogens with zero attached hydrogens (tertiary/aromatic N) is 1. The standard InChI is InChI=1S/C14H22N2O3/c1-4-15-9-11-7-13-14(19-10-18-13)8-12(11)17-6-5-16(2)3/h7-8,15H,4-6,9-10H2,1-3H3. The molecular weight excluding hydrogens is 244 g/mol. The number of fused-ring (bicyclic) bond motifs is 1.